The number of rotatable bonds is 0. The molecule has 1 heterocycles. The van der Waals surface area contributed by atoms with Crippen molar-refractivity contribution in [3.63, 3.8) is 0 Å². The molecule has 2 amide bonds. The highest BCUT2D eigenvalue weighted by atomic mass is 16.2. The molecule has 0 aromatic heterocycles. The maximum absolute atomic E-state index is 11.1. The minimum atomic E-state index is -0.135. The normalized spacial score (nSPS) is 36.8. The fourth-order valence-electron chi connectivity index (χ4n) is 1.38. The van der Waals surface area contributed by atoms with Crippen LogP contribution in [0, 0.1) is 11.8 Å². The summed E-state index contributed by atoms with van der Waals surface area (Å²) in [5, 5.41) is 5.55. The highest BCUT2D eigenvalue weighted by Gasteiger charge is 2.26. The first-order valence-electron chi connectivity index (χ1n) is 4.28. The van der Waals surface area contributed by atoms with E-state index in [1.165, 1.54) is 0 Å². The Hall–Kier alpha value is -0.990. The van der Waals surface area contributed by atoms with Crippen LogP contribution in [0.2, 0.25) is 0 Å². The van der Waals surface area contributed by atoms with Crippen molar-refractivity contribution in [2.75, 3.05) is 0 Å². The molecule has 1 fully saturated rings. The van der Waals surface area contributed by atoms with E-state index >= 15 is 0 Å². The molecular weight excluding hydrogens is 152 g/mol. The molecule has 2 N–H and O–H groups in total. The van der Waals surface area contributed by atoms with Gasteiger partial charge in [0.2, 0.25) is 0 Å². The minimum absolute atomic E-state index is 0.135. The van der Waals surface area contributed by atoms with Crippen molar-refractivity contribution in [2.24, 2.45) is 11.8 Å². The number of carbonyl (C=O) groups is 1. The van der Waals surface area contributed by atoms with Gasteiger partial charge in [0, 0.05) is 17.7 Å². The summed E-state index contributed by atoms with van der Waals surface area (Å²) in [6.07, 6.45) is 0. The SMILES string of the molecule is C=C1NC(=O)NC(C)C(C)C1C. The second-order valence-electron chi connectivity index (χ2n) is 3.56. The van der Waals surface area contributed by atoms with E-state index in [1.807, 2.05) is 6.92 Å². The molecule has 0 bridgehead atoms. The standard InChI is InChI=1S/C9H16N2O/c1-5-6(2)8(4)11-9(12)10-7(5)3/h5-6,8H,3H2,1-2,4H3,(H2,10,11,12). The Bertz CT molecular complexity index is 213. The van der Waals surface area contributed by atoms with Crippen molar-refractivity contribution in [3.05, 3.63) is 12.3 Å². The van der Waals surface area contributed by atoms with Crippen LogP contribution < -0.4 is 10.6 Å². The third kappa shape index (κ3) is 1.60. The second kappa shape index (κ2) is 3.17. The van der Waals surface area contributed by atoms with Crippen molar-refractivity contribution < 1.29 is 4.79 Å². The van der Waals surface area contributed by atoms with Gasteiger partial charge in [-0.25, -0.2) is 4.79 Å². The smallest absolute Gasteiger partial charge is 0.319 e. The van der Waals surface area contributed by atoms with Gasteiger partial charge in [0.15, 0.2) is 0 Å². The molecule has 3 atom stereocenters. The molecule has 0 aliphatic carbocycles. The van der Waals surface area contributed by atoms with Crippen molar-refractivity contribution in [2.45, 2.75) is 26.8 Å². The van der Waals surface area contributed by atoms with Crippen LogP contribution in [-0.4, -0.2) is 12.1 Å². The van der Waals surface area contributed by atoms with Gasteiger partial charge in [-0.15, -0.1) is 0 Å². The summed E-state index contributed by atoms with van der Waals surface area (Å²) >= 11 is 0. The molecule has 1 rings (SSSR count). The van der Waals surface area contributed by atoms with Crippen LogP contribution >= 0.6 is 0 Å². The van der Waals surface area contributed by atoms with Crippen LogP contribution in [0.4, 0.5) is 4.79 Å². The van der Waals surface area contributed by atoms with E-state index in [0.717, 1.165) is 5.70 Å². The number of hydrogen-bond donors (Lipinski definition) is 2. The zero-order valence-corrected chi connectivity index (χ0v) is 7.85. The van der Waals surface area contributed by atoms with Gasteiger partial charge in [0.1, 0.15) is 0 Å². The van der Waals surface area contributed by atoms with Gasteiger partial charge >= 0.3 is 6.03 Å². The fourth-order valence-corrected chi connectivity index (χ4v) is 1.38. The Labute approximate surface area is 73.2 Å². The Morgan fingerprint density at radius 2 is 1.92 bits per heavy atom. The second-order valence-corrected chi connectivity index (χ2v) is 3.56. The van der Waals surface area contributed by atoms with Gasteiger partial charge in [-0.05, 0) is 12.8 Å². The van der Waals surface area contributed by atoms with E-state index in [0.29, 0.717) is 11.8 Å². The Kier molecular flexibility index (Phi) is 2.40. The third-order valence-electron chi connectivity index (χ3n) is 2.76. The van der Waals surface area contributed by atoms with E-state index < -0.39 is 0 Å². The quantitative estimate of drug-likeness (QED) is 0.565. The van der Waals surface area contributed by atoms with Crippen LogP contribution in [0.3, 0.4) is 0 Å². The molecule has 0 aromatic rings. The zero-order chi connectivity index (χ0) is 9.30. The fraction of sp³-hybridized carbons (Fsp3) is 0.667. The maximum Gasteiger partial charge on any atom is 0.319 e. The summed E-state index contributed by atoms with van der Waals surface area (Å²) in [4.78, 5) is 11.1. The molecule has 0 saturated carbocycles. The van der Waals surface area contributed by atoms with Crippen LogP contribution in [-0.2, 0) is 0 Å². The van der Waals surface area contributed by atoms with Gasteiger partial charge in [0.25, 0.3) is 0 Å². The average molecular weight is 168 g/mol. The van der Waals surface area contributed by atoms with Crippen LogP contribution in [0.15, 0.2) is 12.3 Å². The Balaban J connectivity index is 2.80. The van der Waals surface area contributed by atoms with E-state index in [-0.39, 0.29) is 12.1 Å². The van der Waals surface area contributed by atoms with Crippen LogP contribution in [0.1, 0.15) is 20.8 Å². The number of amides is 2. The number of nitrogens with one attached hydrogen (secondary N) is 2. The van der Waals surface area contributed by atoms with Gasteiger partial charge in [-0.1, -0.05) is 20.4 Å². The predicted octanol–water partition coefficient (Wildman–Crippen LogP) is 1.47. The molecule has 1 saturated heterocycles. The summed E-state index contributed by atoms with van der Waals surface area (Å²) < 4.78 is 0. The van der Waals surface area contributed by atoms with Crippen LogP contribution in [0.25, 0.3) is 0 Å². The number of urea groups is 1. The summed E-state index contributed by atoms with van der Waals surface area (Å²) in [6, 6.07) is 0.0722. The summed E-state index contributed by atoms with van der Waals surface area (Å²) in [5.74, 6) is 0.760. The topological polar surface area (TPSA) is 41.1 Å². The molecule has 12 heavy (non-hydrogen) atoms. The molecule has 0 spiro atoms. The number of allylic oxidation sites excluding steroid dienone is 1. The van der Waals surface area contributed by atoms with E-state index in [2.05, 4.69) is 31.1 Å². The molecule has 1 aliphatic heterocycles. The summed E-state index contributed by atoms with van der Waals surface area (Å²) in [7, 11) is 0. The van der Waals surface area contributed by atoms with Crippen molar-refractivity contribution >= 4 is 6.03 Å². The van der Waals surface area contributed by atoms with Gasteiger partial charge in [0.05, 0.1) is 0 Å². The third-order valence-corrected chi connectivity index (χ3v) is 2.76. The highest BCUT2D eigenvalue weighted by Crippen LogP contribution is 2.22. The molecule has 3 unspecified atom stereocenters. The van der Waals surface area contributed by atoms with Crippen LogP contribution in [0.5, 0.6) is 0 Å². The number of carbonyl (C=O) groups excluding carboxylic acids is 1. The lowest BCUT2D eigenvalue weighted by atomic mass is 9.88. The maximum atomic E-state index is 11.1. The van der Waals surface area contributed by atoms with Crippen molar-refractivity contribution in [3.8, 4) is 0 Å². The molecule has 68 valence electrons. The lowest BCUT2D eigenvalue weighted by Gasteiger charge is -2.22. The van der Waals surface area contributed by atoms with Crippen molar-refractivity contribution in [1.82, 2.24) is 10.6 Å². The van der Waals surface area contributed by atoms with Gasteiger partial charge < -0.3 is 10.6 Å². The molecule has 1 aliphatic rings. The van der Waals surface area contributed by atoms with E-state index in [9.17, 15) is 4.79 Å². The first-order chi connectivity index (χ1) is 5.52. The Morgan fingerprint density at radius 1 is 1.33 bits per heavy atom. The molecular formula is C9H16N2O. The predicted molar refractivity (Wildman–Crippen MR) is 48.6 cm³/mol. The average Bonchev–Trinajstić information content (AvgIpc) is 2.05. The lowest BCUT2D eigenvalue weighted by Crippen LogP contribution is -2.38. The first kappa shape index (κ1) is 9.10. The van der Waals surface area contributed by atoms with E-state index in [4.69, 9.17) is 0 Å². The molecule has 3 nitrogen and oxygen atoms in total. The Morgan fingerprint density at radius 3 is 2.50 bits per heavy atom. The van der Waals surface area contributed by atoms with E-state index in [1.54, 1.807) is 0 Å². The largest absolute Gasteiger partial charge is 0.335 e. The summed E-state index contributed by atoms with van der Waals surface area (Å²) in [6.45, 7) is 10.0. The number of hydrogen-bond acceptors (Lipinski definition) is 1. The van der Waals surface area contributed by atoms with Gasteiger partial charge in [-0.3, -0.25) is 0 Å². The monoisotopic (exact) mass is 168 g/mol. The van der Waals surface area contributed by atoms with Crippen molar-refractivity contribution in [1.29, 1.82) is 0 Å². The molecule has 3 heteroatoms. The lowest BCUT2D eigenvalue weighted by molar-refractivity contribution is 0.239. The minimum Gasteiger partial charge on any atom is -0.335 e. The summed E-state index contributed by atoms with van der Waals surface area (Å²) in [5.41, 5.74) is 0.810. The first-order valence-corrected chi connectivity index (χ1v) is 4.28. The highest BCUT2D eigenvalue weighted by molar-refractivity contribution is 5.76. The van der Waals surface area contributed by atoms with Gasteiger partial charge in [-0.2, -0.15) is 0 Å². The zero-order valence-electron chi connectivity index (χ0n) is 7.85. The molecule has 0 radical (unpaired) electrons. The molecule has 0 aromatic carbocycles.